The highest BCUT2D eigenvalue weighted by molar-refractivity contribution is 5.94. The highest BCUT2D eigenvalue weighted by atomic mass is 16.5. The molecule has 1 aliphatic heterocycles. The number of rotatable bonds is 12. The van der Waals surface area contributed by atoms with Crippen LogP contribution in [0.5, 0.6) is 11.5 Å². The summed E-state index contributed by atoms with van der Waals surface area (Å²) < 4.78 is 20.8. The number of carbonyl (C=O) groups excluding carboxylic acids is 1. The zero-order chi connectivity index (χ0) is 39.1. The van der Waals surface area contributed by atoms with Crippen LogP contribution < -0.4 is 19.9 Å². The summed E-state index contributed by atoms with van der Waals surface area (Å²) in [6, 6.07) is 24.0. The molecule has 12 heteroatoms. The lowest BCUT2D eigenvalue weighted by Crippen LogP contribution is -2.55. The minimum absolute atomic E-state index is 0.0411. The molecule has 54 heavy (non-hydrogen) atoms. The summed E-state index contributed by atoms with van der Waals surface area (Å²) in [5, 5.41) is 25.2. The number of aromatic nitrogens is 4. The Kier molecular flexibility index (Phi) is 10.7. The number of benzene rings is 3. The van der Waals surface area contributed by atoms with E-state index in [0.717, 1.165) is 16.7 Å². The molecule has 12 nitrogen and oxygen atoms in total. The van der Waals surface area contributed by atoms with Gasteiger partial charge in [-0.3, -0.25) is 23.6 Å². The molecule has 1 saturated heterocycles. The molecule has 3 aromatic carbocycles. The number of methoxy groups -OCH3 is 2. The third-order valence-electron chi connectivity index (χ3n) is 10.5. The fourth-order valence-corrected chi connectivity index (χ4v) is 7.74. The van der Waals surface area contributed by atoms with Crippen molar-refractivity contribution in [1.82, 2.24) is 19.1 Å². The van der Waals surface area contributed by atoms with Gasteiger partial charge in [-0.15, -0.1) is 0 Å². The fourth-order valence-electron chi connectivity index (χ4n) is 7.74. The van der Waals surface area contributed by atoms with E-state index >= 15 is 0 Å². The lowest BCUT2D eigenvalue weighted by Gasteiger charge is -2.44. The van der Waals surface area contributed by atoms with Gasteiger partial charge in [-0.25, -0.2) is 4.98 Å². The molecule has 0 saturated carbocycles. The molecule has 5 aromatic rings. The molecule has 0 spiro atoms. The first-order valence-electron chi connectivity index (χ1n) is 18.4. The SMILES string of the molecule is COc1ccc(C(c2ccccc2)(c2ccc(OC)cc2)C(O)[C@H]2O[C@@H](n3cnc4c(=O)n(C(C)C)c(N(C(=O)C(C)C)C(C)C)nc43)C[C@]2(C)O)cc1. The van der Waals surface area contributed by atoms with Gasteiger partial charge in [0.25, 0.3) is 5.56 Å². The Bertz CT molecular complexity index is 2090. The topological polar surface area (TPSA) is 141 Å². The molecule has 2 aromatic heterocycles. The molecule has 286 valence electrons. The van der Waals surface area contributed by atoms with E-state index in [1.54, 1.807) is 30.6 Å². The van der Waals surface area contributed by atoms with Gasteiger partial charge in [0.05, 0.1) is 31.6 Å². The van der Waals surface area contributed by atoms with Crippen molar-refractivity contribution in [3.05, 3.63) is 112 Å². The molecule has 0 bridgehead atoms. The molecule has 1 aliphatic rings. The lowest BCUT2D eigenvalue weighted by molar-refractivity contribution is -0.122. The van der Waals surface area contributed by atoms with Crippen LogP contribution in [0.15, 0.2) is 90.0 Å². The molecule has 4 atom stereocenters. The van der Waals surface area contributed by atoms with E-state index in [9.17, 15) is 19.8 Å². The van der Waals surface area contributed by atoms with Crippen molar-refractivity contribution >= 4 is 23.0 Å². The second kappa shape index (κ2) is 15.0. The van der Waals surface area contributed by atoms with E-state index < -0.39 is 35.0 Å². The van der Waals surface area contributed by atoms with E-state index in [1.165, 1.54) is 10.9 Å². The smallest absolute Gasteiger partial charge is 0.283 e. The number of imidazole rings is 1. The van der Waals surface area contributed by atoms with Crippen molar-refractivity contribution in [2.45, 2.75) is 96.4 Å². The van der Waals surface area contributed by atoms with Gasteiger partial charge >= 0.3 is 0 Å². The third kappa shape index (κ3) is 6.56. The first-order valence-corrected chi connectivity index (χ1v) is 18.4. The van der Waals surface area contributed by atoms with Crippen molar-refractivity contribution < 1.29 is 29.2 Å². The number of nitrogens with zero attached hydrogens (tertiary/aromatic N) is 5. The second-order valence-electron chi connectivity index (χ2n) is 15.1. The average molecular weight is 738 g/mol. The molecule has 2 N–H and O–H groups in total. The molecular formula is C42H51N5O7. The highest BCUT2D eigenvalue weighted by Gasteiger charge is 2.56. The summed E-state index contributed by atoms with van der Waals surface area (Å²) in [5.74, 6) is 0.990. The van der Waals surface area contributed by atoms with Crippen LogP contribution in [0, 0.1) is 5.92 Å². The molecule has 0 aliphatic carbocycles. The van der Waals surface area contributed by atoms with Crippen LogP contribution in [0.2, 0.25) is 0 Å². The van der Waals surface area contributed by atoms with Gasteiger partial charge in [0, 0.05) is 24.4 Å². The lowest BCUT2D eigenvalue weighted by atomic mass is 9.63. The predicted molar refractivity (Wildman–Crippen MR) is 207 cm³/mol. The number of aliphatic hydroxyl groups excluding tert-OH is 1. The number of ether oxygens (including phenoxy) is 3. The zero-order valence-corrected chi connectivity index (χ0v) is 32.4. The van der Waals surface area contributed by atoms with Crippen molar-refractivity contribution in [3.63, 3.8) is 0 Å². The molecular weight excluding hydrogens is 686 g/mol. The van der Waals surface area contributed by atoms with Crippen LogP contribution in [-0.2, 0) is 14.9 Å². The first-order chi connectivity index (χ1) is 25.7. The maximum Gasteiger partial charge on any atom is 0.283 e. The van der Waals surface area contributed by atoms with Crippen molar-refractivity contribution in [1.29, 1.82) is 0 Å². The van der Waals surface area contributed by atoms with E-state index in [4.69, 9.17) is 19.2 Å². The van der Waals surface area contributed by atoms with Crippen LogP contribution in [-0.4, -0.2) is 73.3 Å². The number of hydrogen-bond donors (Lipinski definition) is 2. The van der Waals surface area contributed by atoms with E-state index in [2.05, 4.69) is 4.98 Å². The third-order valence-corrected chi connectivity index (χ3v) is 10.5. The summed E-state index contributed by atoms with van der Waals surface area (Å²) in [4.78, 5) is 38.6. The van der Waals surface area contributed by atoms with Crippen molar-refractivity contribution in [2.75, 3.05) is 19.1 Å². The van der Waals surface area contributed by atoms with E-state index in [1.807, 2.05) is 120 Å². The Hall–Kier alpha value is -5.04. The largest absolute Gasteiger partial charge is 0.497 e. The van der Waals surface area contributed by atoms with Gasteiger partial charge in [-0.05, 0) is 75.6 Å². The van der Waals surface area contributed by atoms with Crippen LogP contribution in [0.25, 0.3) is 11.2 Å². The maximum absolute atomic E-state index is 14.1. The summed E-state index contributed by atoms with van der Waals surface area (Å²) in [5.41, 5.74) is -0.652. The zero-order valence-electron chi connectivity index (χ0n) is 32.4. The van der Waals surface area contributed by atoms with Crippen molar-refractivity contribution in [3.8, 4) is 11.5 Å². The highest BCUT2D eigenvalue weighted by Crippen LogP contribution is 2.49. The van der Waals surface area contributed by atoms with E-state index in [0.29, 0.717) is 11.5 Å². The standard InChI is InChI=1S/C42H51N5O7/c1-25(2)38(49)46(26(3)4)40-44-37-34(39(50)47(40)27(5)6)43-24-45(37)33-23-41(7,51)36(54-33)35(48)42(28-13-11-10-12-14-28,29-15-19-31(52-8)20-16-29)30-17-21-32(53-9)22-18-30/h10-22,24-27,33,35-36,48,51H,23H2,1-9H3/t33-,35?,36-,41+/m1/s1. The van der Waals surface area contributed by atoms with Crippen LogP contribution in [0.1, 0.15) is 83.8 Å². The Balaban J connectivity index is 1.52. The normalized spacial score (nSPS) is 19.5. The summed E-state index contributed by atoms with van der Waals surface area (Å²) in [6.45, 7) is 12.8. The van der Waals surface area contributed by atoms with Gasteiger partial charge in [0.2, 0.25) is 11.9 Å². The first kappa shape index (κ1) is 38.7. The molecule has 0 radical (unpaired) electrons. The van der Waals surface area contributed by atoms with Gasteiger partial charge in [0.15, 0.2) is 11.2 Å². The van der Waals surface area contributed by atoms with Crippen LogP contribution >= 0.6 is 0 Å². The predicted octanol–water partition coefficient (Wildman–Crippen LogP) is 6.02. The summed E-state index contributed by atoms with van der Waals surface area (Å²) in [6.07, 6.45) is -1.88. The second-order valence-corrected chi connectivity index (χ2v) is 15.1. The molecule has 1 fully saturated rings. The number of carbonyl (C=O) groups is 1. The van der Waals surface area contributed by atoms with Gasteiger partial charge < -0.3 is 24.4 Å². The van der Waals surface area contributed by atoms with Crippen molar-refractivity contribution in [2.24, 2.45) is 5.92 Å². The fraction of sp³-hybridized carbons (Fsp3) is 0.429. The Morgan fingerprint density at radius 3 is 1.93 bits per heavy atom. The average Bonchev–Trinajstić information content (AvgIpc) is 3.72. The minimum Gasteiger partial charge on any atom is -0.497 e. The van der Waals surface area contributed by atoms with Crippen LogP contribution in [0.4, 0.5) is 5.95 Å². The number of fused-ring (bicyclic) bond motifs is 1. The Labute approximate surface area is 316 Å². The summed E-state index contributed by atoms with van der Waals surface area (Å²) >= 11 is 0. The van der Waals surface area contributed by atoms with Gasteiger partial charge in [0.1, 0.15) is 29.9 Å². The Morgan fingerprint density at radius 2 is 1.44 bits per heavy atom. The number of hydrogen-bond acceptors (Lipinski definition) is 9. The monoisotopic (exact) mass is 737 g/mol. The Morgan fingerprint density at radius 1 is 0.907 bits per heavy atom. The van der Waals surface area contributed by atoms with Crippen LogP contribution in [0.3, 0.4) is 0 Å². The maximum atomic E-state index is 14.1. The number of anilines is 1. The molecule has 1 unspecified atom stereocenters. The molecule has 6 rings (SSSR count). The van der Waals surface area contributed by atoms with Gasteiger partial charge in [-0.2, -0.15) is 4.98 Å². The quantitative estimate of drug-likeness (QED) is 0.147. The number of aliphatic hydroxyl groups is 2. The molecule has 3 heterocycles. The van der Waals surface area contributed by atoms with Gasteiger partial charge in [-0.1, -0.05) is 68.4 Å². The summed E-state index contributed by atoms with van der Waals surface area (Å²) in [7, 11) is 3.19. The number of amides is 1. The van der Waals surface area contributed by atoms with E-state index in [-0.39, 0.29) is 47.4 Å². The molecule has 1 amide bonds. The minimum atomic E-state index is -1.58.